The summed E-state index contributed by atoms with van der Waals surface area (Å²) in [7, 11) is 1.50. The Labute approximate surface area is 192 Å². The Balaban J connectivity index is 1.45. The minimum absolute atomic E-state index is 0.00417. The highest BCUT2D eigenvalue weighted by Gasteiger charge is 2.58. The SMILES string of the molecule is CC/C(=N\OC(=O)c1ccccc1)C1CC2OCC1C=CC21C(=O)N(OC)c2ccccc21. The Morgan fingerprint density at radius 2 is 1.94 bits per heavy atom. The minimum Gasteiger partial charge on any atom is -0.376 e. The van der Waals surface area contributed by atoms with Gasteiger partial charge in [-0.15, -0.1) is 0 Å². The zero-order valence-electron chi connectivity index (χ0n) is 18.6. The van der Waals surface area contributed by atoms with Crippen LogP contribution in [0.15, 0.2) is 71.9 Å². The number of ether oxygens (including phenoxy) is 1. The fourth-order valence-electron chi connectivity index (χ4n) is 5.26. The number of rotatable bonds is 5. The highest BCUT2D eigenvalue weighted by Crippen LogP contribution is 2.51. The van der Waals surface area contributed by atoms with E-state index >= 15 is 0 Å². The molecule has 33 heavy (non-hydrogen) atoms. The van der Waals surface area contributed by atoms with E-state index in [1.165, 1.54) is 12.2 Å². The summed E-state index contributed by atoms with van der Waals surface area (Å²) in [5, 5.41) is 5.62. The van der Waals surface area contributed by atoms with E-state index in [-0.39, 0.29) is 23.8 Å². The predicted molar refractivity (Wildman–Crippen MR) is 123 cm³/mol. The van der Waals surface area contributed by atoms with Crippen LogP contribution in [0, 0.1) is 11.8 Å². The van der Waals surface area contributed by atoms with Crippen molar-refractivity contribution in [1.82, 2.24) is 0 Å². The van der Waals surface area contributed by atoms with Crippen molar-refractivity contribution in [3.8, 4) is 0 Å². The van der Waals surface area contributed by atoms with E-state index in [0.717, 1.165) is 17.0 Å². The molecular weight excluding hydrogens is 420 g/mol. The van der Waals surface area contributed by atoms with Gasteiger partial charge in [0.05, 0.1) is 36.8 Å². The van der Waals surface area contributed by atoms with Gasteiger partial charge < -0.3 is 9.57 Å². The molecule has 2 aromatic rings. The summed E-state index contributed by atoms with van der Waals surface area (Å²) in [6.07, 6.45) is 4.89. The van der Waals surface area contributed by atoms with E-state index in [1.54, 1.807) is 24.3 Å². The summed E-state index contributed by atoms with van der Waals surface area (Å²) in [5.74, 6) is -0.603. The molecule has 1 fully saturated rings. The molecule has 3 heterocycles. The predicted octanol–water partition coefficient (Wildman–Crippen LogP) is 4.05. The average Bonchev–Trinajstić information content (AvgIpc) is 2.98. The number of anilines is 1. The molecular formula is C26H26N2O5. The minimum atomic E-state index is -0.949. The van der Waals surface area contributed by atoms with Crippen LogP contribution in [0.2, 0.25) is 0 Å². The number of carbonyl (C=O) groups is 2. The molecule has 6 rings (SSSR count). The van der Waals surface area contributed by atoms with Crippen molar-refractivity contribution in [2.24, 2.45) is 17.0 Å². The summed E-state index contributed by atoms with van der Waals surface area (Å²) in [5.41, 5.74) is 1.91. The molecule has 0 N–H and O–H groups in total. The van der Waals surface area contributed by atoms with Gasteiger partial charge in [-0.05, 0) is 31.0 Å². The third-order valence-corrected chi connectivity index (χ3v) is 6.92. The van der Waals surface area contributed by atoms with E-state index in [1.807, 2.05) is 43.3 Å². The van der Waals surface area contributed by atoms with Gasteiger partial charge >= 0.3 is 5.97 Å². The maximum atomic E-state index is 13.6. The van der Waals surface area contributed by atoms with Crippen molar-refractivity contribution in [3.63, 3.8) is 0 Å². The van der Waals surface area contributed by atoms with Crippen LogP contribution < -0.4 is 5.06 Å². The molecule has 3 aliphatic heterocycles. The molecule has 2 aromatic carbocycles. The van der Waals surface area contributed by atoms with Crippen LogP contribution in [0.4, 0.5) is 5.69 Å². The lowest BCUT2D eigenvalue weighted by Crippen LogP contribution is -2.50. The van der Waals surface area contributed by atoms with Gasteiger partial charge in [-0.2, -0.15) is 5.06 Å². The first kappa shape index (κ1) is 21.6. The average molecular weight is 447 g/mol. The lowest BCUT2D eigenvalue weighted by molar-refractivity contribution is -0.135. The van der Waals surface area contributed by atoms with E-state index in [0.29, 0.717) is 25.0 Å². The van der Waals surface area contributed by atoms with E-state index in [9.17, 15) is 9.59 Å². The number of fused-ring (bicyclic) bond motifs is 3. The Hall–Kier alpha value is -3.29. The molecule has 4 unspecified atom stereocenters. The van der Waals surface area contributed by atoms with Crippen molar-refractivity contribution in [3.05, 3.63) is 77.9 Å². The number of nitrogens with zero attached hydrogens (tertiary/aromatic N) is 2. The van der Waals surface area contributed by atoms with Crippen molar-refractivity contribution in [2.75, 3.05) is 18.8 Å². The molecule has 1 amide bonds. The Morgan fingerprint density at radius 3 is 2.70 bits per heavy atom. The number of hydrogen-bond donors (Lipinski definition) is 0. The van der Waals surface area contributed by atoms with E-state index in [4.69, 9.17) is 14.4 Å². The van der Waals surface area contributed by atoms with Crippen LogP contribution in [0.5, 0.6) is 0 Å². The number of para-hydroxylation sites is 1. The summed E-state index contributed by atoms with van der Waals surface area (Å²) < 4.78 is 6.25. The highest BCUT2D eigenvalue weighted by atomic mass is 16.7. The zero-order valence-corrected chi connectivity index (χ0v) is 18.6. The molecule has 7 nitrogen and oxygen atoms in total. The van der Waals surface area contributed by atoms with E-state index in [2.05, 4.69) is 11.2 Å². The topological polar surface area (TPSA) is 77.4 Å². The summed E-state index contributed by atoms with van der Waals surface area (Å²) in [4.78, 5) is 36.7. The second-order valence-electron chi connectivity index (χ2n) is 8.54. The normalized spacial score (nSPS) is 28.2. The highest BCUT2D eigenvalue weighted by molar-refractivity contribution is 6.09. The Morgan fingerprint density at radius 1 is 1.18 bits per heavy atom. The molecule has 0 saturated carbocycles. The van der Waals surface area contributed by atoms with Crippen molar-refractivity contribution >= 4 is 23.3 Å². The van der Waals surface area contributed by atoms with Gasteiger partial charge in [0.15, 0.2) is 0 Å². The number of amides is 1. The quantitative estimate of drug-likeness (QED) is 0.300. The fourth-order valence-corrected chi connectivity index (χ4v) is 5.26. The standard InChI is InChI=1S/C26H26N2O5/c1-3-21(27-33-24(29)17-9-5-4-6-10-17)19-15-23-26(14-13-18(19)16-32-23)20-11-7-8-12-22(20)28(31-2)25(26)30/h4-14,18-19,23H,3,15-16H2,1-2H3/b27-21+. The monoisotopic (exact) mass is 446 g/mol. The van der Waals surface area contributed by atoms with Crippen LogP contribution in [0.3, 0.4) is 0 Å². The van der Waals surface area contributed by atoms with Crippen molar-refractivity contribution < 1.29 is 24.0 Å². The first-order valence-corrected chi connectivity index (χ1v) is 11.2. The molecule has 4 atom stereocenters. The molecule has 170 valence electrons. The van der Waals surface area contributed by atoms with Crippen molar-refractivity contribution in [2.45, 2.75) is 31.3 Å². The molecule has 2 bridgehead atoms. The van der Waals surface area contributed by atoms with Crippen LogP contribution in [0.25, 0.3) is 0 Å². The van der Waals surface area contributed by atoms with Crippen molar-refractivity contribution in [1.29, 1.82) is 0 Å². The second kappa shape index (κ2) is 8.57. The third-order valence-electron chi connectivity index (χ3n) is 6.92. The van der Waals surface area contributed by atoms with Gasteiger partial charge in [-0.3, -0.25) is 9.63 Å². The lowest BCUT2D eigenvalue weighted by atomic mass is 9.73. The number of oxime groups is 1. The smallest absolute Gasteiger partial charge is 0.365 e. The Kier molecular flexibility index (Phi) is 5.60. The number of hydroxylamine groups is 1. The third kappa shape index (κ3) is 3.39. The van der Waals surface area contributed by atoms with Gasteiger partial charge in [-0.25, -0.2) is 4.79 Å². The molecule has 1 aliphatic carbocycles. The van der Waals surface area contributed by atoms with Crippen LogP contribution in [0.1, 0.15) is 35.7 Å². The van der Waals surface area contributed by atoms with Gasteiger partial charge in [-0.1, -0.05) is 60.6 Å². The first-order valence-electron chi connectivity index (χ1n) is 11.2. The molecule has 0 aromatic heterocycles. The Bertz CT molecular complexity index is 1130. The van der Waals surface area contributed by atoms with Crippen LogP contribution in [-0.4, -0.2) is 37.4 Å². The first-order chi connectivity index (χ1) is 16.1. The molecule has 1 saturated heterocycles. The molecule has 4 aliphatic rings. The largest absolute Gasteiger partial charge is 0.376 e. The lowest BCUT2D eigenvalue weighted by Gasteiger charge is -2.38. The molecule has 1 spiro atoms. The maximum Gasteiger partial charge on any atom is 0.365 e. The zero-order chi connectivity index (χ0) is 23.0. The summed E-state index contributed by atoms with van der Waals surface area (Å²) in [6.45, 7) is 2.47. The summed E-state index contributed by atoms with van der Waals surface area (Å²) >= 11 is 0. The van der Waals surface area contributed by atoms with Gasteiger partial charge in [0.25, 0.3) is 5.91 Å². The summed E-state index contributed by atoms with van der Waals surface area (Å²) in [6, 6.07) is 16.5. The van der Waals surface area contributed by atoms with E-state index < -0.39 is 11.4 Å². The fraction of sp³-hybridized carbons (Fsp3) is 0.346. The number of hydrogen-bond acceptors (Lipinski definition) is 6. The van der Waals surface area contributed by atoms with Crippen LogP contribution in [-0.2, 0) is 24.6 Å². The number of carbonyl (C=O) groups excluding carboxylic acids is 2. The number of benzene rings is 2. The van der Waals surface area contributed by atoms with Crippen LogP contribution >= 0.6 is 0 Å². The molecule has 0 radical (unpaired) electrons. The molecule has 7 heteroatoms. The second-order valence-corrected chi connectivity index (χ2v) is 8.54. The maximum absolute atomic E-state index is 13.6. The van der Waals surface area contributed by atoms with Gasteiger partial charge in [0, 0.05) is 17.4 Å². The van der Waals surface area contributed by atoms with Gasteiger partial charge in [0.2, 0.25) is 0 Å². The van der Waals surface area contributed by atoms with Gasteiger partial charge in [0.1, 0.15) is 5.41 Å².